The zero-order valence-electron chi connectivity index (χ0n) is 13.9. The summed E-state index contributed by atoms with van der Waals surface area (Å²) >= 11 is 0. The average Bonchev–Trinajstić information content (AvgIpc) is 2.50. The normalized spacial score (nSPS) is 10.9. The van der Waals surface area contributed by atoms with Crippen LogP contribution in [0.15, 0.2) is 0 Å². The number of carbonyl (C=O) groups is 1. The van der Waals surface area contributed by atoms with Gasteiger partial charge < -0.3 is 4.79 Å². The second kappa shape index (κ2) is 19.6. The lowest BCUT2D eigenvalue weighted by Crippen LogP contribution is -1.88. The molecule has 0 spiro atoms. The van der Waals surface area contributed by atoms with Crippen LogP contribution in [0.2, 0.25) is 0 Å². The zero-order valence-corrected chi connectivity index (χ0v) is 13.9. The Balaban J connectivity index is 2.91. The highest BCUT2D eigenvalue weighted by Crippen LogP contribution is 2.13. The molecule has 0 aromatic rings. The first-order valence-corrected chi connectivity index (χ1v) is 9.12. The van der Waals surface area contributed by atoms with Crippen molar-refractivity contribution < 1.29 is 14.9 Å². The summed E-state index contributed by atoms with van der Waals surface area (Å²) in [7, 11) is 0. The molecule has 21 heavy (non-hydrogen) atoms. The van der Waals surface area contributed by atoms with Gasteiger partial charge in [-0.1, -0.05) is 83.5 Å². The van der Waals surface area contributed by atoms with E-state index in [4.69, 9.17) is 5.26 Å². The average molecular weight is 300 g/mol. The summed E-state index contributed by atoms with van der Waals surface area (Å²) in [4.78, 5) is 14.2. The first kappa shape index (κ1) is 20.6. The van der Waals surface area contributed by atoms with Crippen molar-refractivity contribution in [2.24, 2.45) is 0 Å². The van der Waals surface area contributed by atoms with Gasteiger partial charge in [0.25, 0.3) is 0 Å². The van der Waals surface area contributed by atoms with Crippen LogP contribution in [0.1, 0.15) is 103 Å². The minimum absolute atomic E-state index is 0.483. The molecule has 0 aliphatic rings. The van der Waals surface area contributed by atoms with Crippen molar-refractivity contribution in [1.82, 2.24) is 0 Å². The fourth-order valence-corrected chi connectivity index (χ4v) is 2.69. The second-order valence-corrected chi connectivity index (χ2v) is 6.09. The lowest BCUT2D eigenvalue weighted by Gasteiger charge is -2.03. The van der Waals surface area contributed by atoms with E-state index >= 15 is 0 Å². The Kier molecular flexibility index (Phi) is 19.2. The molecule has 1 N–H and O–H groups in total. The molecule has 0 aromatic heterocycles. The molecule has 0 rings (SSSR count). The highest BCUT2D eigenvalue weighted by molar-refractivity contribution is 5.48. The Morgan fingerprint density at radius 3 is 1.24 bits per heavy atom. The molecule has 0 aliphatic heterocycles. The van der Waals surface area contributed by atoms with Crippen LogP contribution in [0.5, 0.6) is 0 Å². The van der Waals surface area contributed by atoms with Crippen molar-refractivity contribution in [2.75, 3.05) is 6.61 Å². The fraction of sp³-hybridized carbons (Fsp3) is 0.944. The first-order chi connectivity index (χ1) is 10.4. The third-order valence-electron chi connectivity index (χ3n) is 4.06. The van der Waals surface area contributed by atoms with Gasteiger partial charge in [-0.3, -0.25) is 5.26 Å². The molecule has 0 heterocycles. The molecule has 0 fully saturated rings. The highest BCUT2D eigenvalue weighted by Gasteiger charge is 1.94. The van der Waals surface area contributed by atoms with Crippen LogP contribution < -0.4 is 0 Å². The largest absolute Gasteiger partial charge is 0.303 e. The fourth-order valence-electron chi connectivity index (χ4n) is 2.69. The van der Waals surface area contributed by atoms with E-state index in [-0.39, 0.29) is 0 Å². The summed E-state index contributed by atoms with van der Waals surface area (Å²) < 4.78 is 0. The topological polar surface area (TPSA) is 46.5 Å². The lowest BCUT2D eigenvalue weighted by molar-refractivity contribution is -0.242. The molecule has 0 aliphatic carbocycles. The van der Waals surface area contributed by atoms with Gasteiger partial charge in [0.2, 0.25) is 0 Å². The van der Waals surface area contributed by atoms with Gasteiger partial charge in [0, 0.05) is 6.42 Å². The molecule has 0 aromatic carbocycles. The lowest BCUT2D eigenvalue weighted by atomic mass is 10.0. The monoisotopic (exact) mass is 300 g/mol. The molecule has 3 nitrogen and oxygen atoms in total. The van der Waals surface area contributed by atoms with E-state index < -0.39 is 0 Å². The third kappa shape index (κ3) is 19.6. The quantitative estimate of drug-likeness (QED) is 0.148. The van der Waals surface area contributed by atoms with E-state index in [1.807, 2.05) is 0 Å². The minimum atomic E-state index is 0.483. The van der Waals surface area contributed by atoms with Crippen LogP contribution in [-0.2, 0) is 9.68 Å². The summed E-state index contributed by atoms with van der Waals surface area (Å²) in [6.07, 6.45) is 21.1. The van der Waals surface area contributed by atoms with Gasteiger partial charge in [0.05, 0.1) is 6.61 Å². The molecule has 0 atom stereocenters. The maximum absolute atomic E-state index is 10.2. The van der Waals surface area contributed by atoms with Crippen molar-refractivity contribution in [3.8, 4) is 0 Å². The smallest absolute Gasteiger partial charge is 0.119 e. The molecular weight excluding hydrogens is 264 g/mol. The number of rotatable bonds is 18. The molecule has 0 saturated carbocycles. The molecule has 0 saturated heterocycles. The zero-order chi connectivity index (χ0) is 15.4. The second-order valence-electron chi connectivity index (χ2n) is 6.09. The van der Waals surface area contributed by atoms with Crippen LogP contribution in [0.25, 0.3) is 0 Å². The molecule has 0 amide bonds. The Labute approximate surface area is 131 Å². The van der Waals surface area contributed by atoms with Gasteiger partial charge in [-0.05, 0) is 12.8 Å². The number of hydrogen-bond acceptors (Lipinski definition) is 3. The van der Waals surface area contributed by atoms with Gasteiger partial charge in [0.15, 0.2) is 0 Å². The molecule has 0 unspecified atom stereocenters. The molecular formula is C18H36O3. The predicted molar refractivity (Wildman–Crippen MR) is 88.5 cm³/mol. The maximum Gasteiger partial charge on any atom is 0.119 e. The molecule has 0 radical (unpaired) electrons. The van der Waals surface area contributed by atoms with Crippen molar-refractivity contribution in [3.63, 3.8) is 0 Å². The first-order valence-electron chi connectivity index (χ1n) is 9.12. The van der Waals surface area contributed by atoms with Gasteiger partial charge in [-0.15, -0.1) is 0 Å². The van der Waals surface area contributed by atoms with Gasteiger partial charge in [-0.2, -0.15) is 0 Å². The van der Waals surface area contributed by atoms with Gasteiger partial charge in [0.1, 0.15) is 6.29 Å². The Hall–Kier alpha value is -0.410. The Bertz CT molecular complexity index is 195. The van der Waals surface area contributed by atoms with E-state index in [9.17, 15) is 4.79 Å². The van der Waals surface area contributed by atoms with E-state index in [1.54, 1.807) is 0 Å². The van der Waals surface area contributed by atoms with Crippen LogP contribution in [0, 0.1) is 0 Å². The van der Waals surface area contributed by atoms with E-state index in [0.717, 1.165) is 25.5 Å². The van der Waals surface area contributed by atoms with E-state index in [0.29, 0.717) is 6.61 Å². The van der Waals surface area contributed by atoms with Crippen LogP contribution in [0.4, 0.5) is 0 Å². The number of aldehydes is 1. The molecule has 0 bridgehead atoms. The van der Waals surface area contributed by atoms with Crippen LogP contribution in [-0.4, -0.2) is 18.2 Å². The van der Waals surface area contributed by atoms with Crippen molar-refractivity contribution in [2.45, 2.75) is 103 Å². The molecule has 3 heteroatoms. The SMILES string of the molecule is O=CCCCCCCCCCCCCCCCCCOO. The summed E-state index contributed by atoms with van der Waals surface area (Å²) in [6, 6.07) is 0. The Morgan fingerprint density at radius 1 is 0.571 bits per heavy atom. The van der Waals surface area contributed by atoms with Crippen LogP contribution in [0.3, 0.4) is 0 Å². The highest BCUT2D eigenvalue weighted by atomic mass is 17.1. The summed E-state index contributed by atoms with van der Waals surface area (Å²) in [5.41, 5.74) is 0. The van der Waals surface area contributed by atoms with E-state index in [2.05, 4.69) is 4.89 Å². The standard InChI is InChI=1S/C18H36O3/c19-17-15-13-11-9-7-5-3-1-2-4-6-8-10-12-14-16-18-21-20/h17,20H,1-16,18H2. The maximum atomic E-state index is 10.2. The summed E-state index contributed by atoms with van der Waals surface area (Å²) in [5.74, 6) is 0. The minimum Gasteiger partial charge on any atom is -0.303 e. The van der Waals surface area contributed by atoms with Crippen molar-refractivity contribution >= 4 is 6.29 Å². The predicted octanol–water partition coefficient (Wildman–Crippen LogP) is 5.92. The van der Waals surface area contributed by atoms with Crippen molar-refractivity contribution in [1.29, 1.82) is 0 Å². The van der Waals surface area contributed by atoms with Crippen molar-refractivity contribution in [3.05, 3.63) is 0 Å². The van der Waals surface area contributed by atoms with Crippen LogP contribution >= 0.6 is 0 Å². The Morgan fingerprint density at radius 2 is 0.905 bits per heavy atom. The number of carbonyl (C=O) groups excluding carboxylic acids is 1. The summed E-state index contributed by atoms with van der Waals surface area (Å²) in [5, 5.41) is 8.18. The number of hydrogen-bond donors (Lipinski definition) is 1. The number of unbranched alkanes of at least 4 members (excludes halogenated alkanes) is 15. The summed E-state index contributed by atoms with van der Waals surface area (Å²) in [6.45, 7) is 0.483. The van der Waals surface area contributed by atoms with Gasteiger partial charge >= 0.3 is 0 Å². The van der Waals surface area contributed by atoms with Gasteiger partial charge in [-0.25, -0.2) is 4.89 Å². The van der Waals surface area contributed by atoms with E-state index in [1.165, 1.54) is 83.5 Å². The third-order valence-corrected chi connectivity index (χ3v) is 4.06. The molecule has 126 valence electrons.